The number of amides is 1. The molecule has 2 rings (SSSR count). The minimum absolute atomic E-state index is 0.0106. The molecule has 0 saturated carbocycles. The molecule has 2 aromatic rings. The standard InChI is InChI=1S/C16H20N4O/c1-3-4-13(2)16(21)18-9-14-5-7-15(8-6-14)10-20-12-17-11-19-20/h4-8,11-12H,3,9-10H2,1-2H3,(H,18,21)/b13-4-. The highest BCUT2D eigenvalue weighted by Crippen LogP contribution is 2.06. The van der Waals surface area contributed by atoms with Gasteiger partial charge in [-0.05, 0) is 24.5 Å². The van der Waals surface area contributed by atoms with E-state index in [0.29, 0.717) is 13.1 Å². The lowest BCUT2D eigenvalue weighted by Crippen LogP contribution is -2.23. The van der Waals surface area contributed by atoms with Gasteiger partial charge >= 0.3 is 0 Å². The molecule has 0 spiro atoms. The van der Waals surface area contributed by atoms with E-state index in [1.165, 1.54) is 6.33 Å². The first-order valence-electron chi connectivity index (χ1n) is 7.04. The van der Waals surface area contributed by atoms with Crippen LogP contribution in [0, 0.1) is 0 Å². The molecule has 0 aliphatic heterocycles. The lowest BCUT2D eigenvalue weighted by Gasteiger charge is -2.07. The number of nitrogens with zero attached hydrogens (tertiary/aromatic N) is 3. The van der Waals surface area contributed by atoms with Crippen molar-refractivity contribution >= 4 is 5.91 Å². The number of carbonyl (C=O) groups excluding carboxylic acids is 1. The number of nitrogens with one attached hydrogen (secondary N) is 1. The van der Waals surface area contributed by atoms with Crippen molar-refractivity contribution in [1.82, 2.24) is 20.1 Å². The Labute approximate surface area is 124 Å². The maximum Gasteiger partial charge on any atom is 0.246 e. The van der Waals surface area contributed by atoms with Gasteiger partial charge in [-0.3, -0.25) is 4.79 Å². The maximum atomic E-state index is 11.8. The molecular formula is C16H20N4O. The predicted molar refractivity (Wildman–Crippen MR) is 81.5 cm³/mol. The molecule has 0 saturated heterocycles. The minimum Gasteiger partial charge on any atom is -0.348 e. The molecule has 0 aliphatic rings. The van der Waals surface area contributed by atoms with Crippen LogP contribution in [0.25, 0.3) is 0 Å². The van der Waals surface area contributed by atoms with Crippen molar-refractivity contribution in [3.05, 3.63) is 59.7 Å². The summed E-state index contributed by atoms with van der Waals surface area (Å²) < 4.78 is 1.77. The van der Waals surface area contributed by atoms with Gasteiger partial charge in [-0.15, -0.1) is 0 Å². The molecule has 0 aliphatic carbocycles. The van der Waals surface area contributed by atoms with Gasteiger partial charge in [0.05, 0.1) is 6.54 Å². The highest BCUT2D eigenvalue weighted by molar-refractivity contribution is 5.92. The van der Waals surface area contributed by atoms with Crippen LogP contribution in [0.5, 0.6) is 0 Å². The van der Waals surface area contributed by atoms with Crippen LogP contribution >= 0.6 is 0 Å². The van der Waals surface area contributed by atoms with E-state index in [4.69, 9.17) is 0 Å². The van der Waals surface area contributed by atoms with Gasteiger partial charge in [0.15, 0.2) is 0 Å². The average Bonchev–Trinajstić information content (AvgIpc) is 2.99. The van der Waals surface area contributed by atoms with E-state index in [2.05, 4.69) is 15.4 Å². The van der Waals surface area contributed by atoms with Gasteiger partial charge < -0.3 is 5.32 Å². The lowest BCUT2D eigenvalue weighted by atomic mass is 10.1. The first kappa shape index (κ1) is 15.0. The van der Waals surface area contributed by atoms with Gasteiger partial charge in [-0.2, -0.15) is 5.10 Å². The predicted octanol–water partition coefficient (Wildman–Crippen LogP) is 2.30. The van der Waals surface area contributed by atoms with Crippen molar-refractivity contribution in [2.75, 3.05) is 0 Å². The lowest BCUT2D eigenvalue weighted by molar-refractivity contribution is -0.117. The third-order valence-corrected chi connectivity index (χ3v) is 3.16. The number of benzene rings is 1. The molecule has 1 heterocycles. The molecule has 0 unspecified atom stereocenters. The van der Waals surface area contributed by atoms with Crippen molar-refractivity contribution in [1.29, 1.82) is 0 Å². The fourth-order valence-corrected chi connectivity index (χ4v) is 1.98. The number of allylic oxidation sites excluding steroid dienone is 1. The molecule has 0 atom stereocenters. The summed E-state index contributed by atoms with van der Waals surface area (Å²) in [5.41, 5.74) is 2.99. The van der Waals surface area contributed by atoms with Crippen molar-refractivity contribution in [3.63, 3.8) is 0 Å². The maximum absolute atomic E-state index is 11.8. The van der Waals surface area contributed by atoms with Crippen molar-refractivity contribution in [2.45, 2.75) is 33.4 Å². The highest BCUT2D eigenvalue weighted by atomic mass is 16.1. The van der Waals surface area contributed by atoms with Gasteiger partial charge in [0.25, 0.3) is 0 Å². The van der Waals surface area contributed by atoms with Gasteiger partial charge in [-0.1, -0.05) is 37.3 Å². The second kappa shape index (κ2) is 7.38. The van der Waals surface area contributed by atoms with Gasteiger partial charge in [0, 0.05) is 12.1 Å². The first-order chi connectivity index (χ1) is 10.2. The molecule has 0 radical (unpaired) electrons. The largest absolute Gasteiger partial charge is 0.348 e. The Bertz CT molecular complexity index is 600. The fourth-order valence-electron chi connectivity index (χ4n) is 1.98. The molecule has 5 nitrogen and oxygen atoms in total. The molecule has 1 amide bonds. The molecule has 0 bridgehead atoms. The van der Waals surface area contributed by atoms with E-state index in [1.807, 2.05) is 44.2 Å². The highest BCUT2D eigenvalue weighted by Gasteiger charge is 2.03. The number of rotatable bonds is 6. The van der Waals surface area contributed by atoms with Crippen molar-refractivity contribution < 1.29 is 4.79 Å². The quantitative estimate of drug-likeness (QED) is 0.828. The summed E-state index contributed by atoms with van der Waals surface area (Å²) in [6.45, 7) is 5.09. The molecular weight excluding hydrogens is 264 g/mol. The van der Waals surface area contributed by atoms with Crippen LogP contribution in [0.3, 0.4) is 0 Å². The van der Waals surface area contributed by atoms with E-state index in [9.17, 15) is 4.79 Å². The van der Waals surface area contributed by atoms with Crippen molar-refractivity contribution in [3.8, 4) is 0 Å². The summed E-state index contributed by atoms with van der Waals surface area (Å²) in [6, 6.07) is 8.12. The van der Waals surface area contributed by atoms with Crippen LogP contribution in [-0.4, -0.2) is 20.7 Å². The topological polar surface area (TPSA) is 59.8 Å². The number of carbonyl (C=O) groups is 1. The fraction of sp³-hybridized carbons (Fsp3) is 0.312. The van der Waals surface area contributed by atoms with E-state index >= 15 is 0 Å². The first-order valence-corrected chi connectivity index (χ1v) is 7.04. The molecule has 110 valence electrons. The Morgan fingerprint density at radius 3 is 2.62 bits per heavy atom. The Morgan fingerprint density at radius 1 is 1.29 bits per heavy atom. The van der Waals surface area contributed by atoms with Crippen LogP contribution < -0.4 is 5.32 Å². The third kappa shape index (κ3) is 4.56. The Balaban J connectivity index is 1.88. The zero-order valence-electron chi connectivity index (χ0n) is 12.4. The summed E-state index contributed by atoms with van der Waals surface area (Å²) in [4.78, 5) is 15.7. The second-order valence-electron chi connectivity index (χ2n) is 4.89. The van der Waals surface area contributed by atoms with Gasteiger partial charge in [-0.25, -0.2) is 9.67 Å². The SMILES string of the molecule is CC/C=C(/C)C(=O)NCc1ccc(Cn2cncn2)cc1. The zero-order valence-corrected chi connectivity index (χ0v) is 12.4. The van der Waals surface area contributed by atoms with E-state index in [-0.39, 0.29) is 5.91 Å². The van der Waals surface area contributed by atoms with Crippen LogP contribution in [-0.2, 0) is 17.9 Å². The molecule has 1 aromatic heterocycles. The van der Waals surface area contributed by atoms with Crippen molar-refractivity contribution in [2.24, 2.45) is 0 Å². The molecule has 5 heteroatoms. The number of hydrogen-bond donors (Lipinski definition) is 1. The van der Waals surface area contributed by atoms with E-state index < -0.39 is 0 Å². The molecule has 21 heavy (non-hydrogen) atoms. The number of hydrogen-bond acceptors (Lipinski definition) is 3. The van der Waals surface area contributed by atoms with Crippen LogP contribution in [0.4, 0.5) is 0 Å². The zero-order chi connectivity index (χ0) is 15.1. The monoisotopic (exact) mass is 284 g/mol. The Morgan fingerprint density at radius 2 is 2.00 bits per heavy atom. The van der Waals surface area contributed by atoms with Crippen LogP contribution in [0.15, 0.2) is 48.6 Å². The minimum atomic E-state index is -0.0106. The smallest absolute Gasteiger partial charge is 0.246 e. The van der Waals surface area contributed by atoms with E-state index in [0.717, 1.165) is 23.1 Å². The summed E-state index contributed by atoms with van der Waals surface area (Å²) >= 11 is 0. The Kier molecular flexibility index (Phi) is 5.26. The summed E-state index contributed by atoms with van der Waals surface area (Å²) in [7, 11) is 0. The number of aromatic nitrogens is 3. The van der Waals surface area contributed by atoms with Gasteiger partial charge in [0.2, 0.25) is 5.91 Å². The Hall–Kier alpha value is -2.43. The van der Waals surface area contributed by atoms with Gasteiger partial charge in [0.1, 0.15) is 12.7 Å². The second-order valence-corrected chi connectivity index (χ2v) is 4.89. The molecule has 1 N–H and O–H groups in total. The van der Waals surface area contributed by atoms with E-state index in [1.54, 1.807) is 11.0 Å². The van der Waals surface area contributed by atoms with Crippen LogP contribution in [0.1, 0.15) is 31.4 Å². The summed E-state index contributed by atoms with van der Waals surface area (Å²) in [6.07, 6.45) is 6.01. The average molecular weight is 284 g/mol. The molecule has 0 fully saturated rings. The third-order valence-electron chi connectivity index (χ3n) is 3.16. The summed E-state index contributed by atoms with van der Waals surface area (Å²) in [5, 5.41) is 6.99. The normalized spacial score (nSPS) is 11.4. The summed E-state index contributed by atoms with van der Waals surface area (Å²) in [5.74, 6) is -0.0106. The van der Waals surface area contributed by atoms with Crippen LogP contribution in [0.2, 0.25) is 0 Å². The molecule has 1 aromatic carbocycles.